The van der Waals surface area contributed by atoms with Gasteiger partial charge in [-0.2, -0.15) is 18.4 Å². The van der Waals surface area contributed by atoms with Crippen LogP contribution < -0.4 is 5.32 Å². The number of nitriles is 1. The largest absolute Gasteiger partial charge is 0.453 e. The van der Waals surface area contributed by atoms with Crippen molar-refractivity contribution in [1.82, 2.24) is 0 Å². The molecule has 1 rings (SSSR count). The minimum Gasteiger partial charge on any atom is -0.453 e. The van der Waals surface area contributed by atoms with Gasteiger partial charge in [-0.1, -0.05) is 6.07 Å². The van der Waals surface area contributed by atoms with Crippen LogP contribution in [0.2, 0.25) is 0 Å². The number of alkyl halides is 3. The average Bonchev–Trinajstić information content (AvgIpc) is 2.27. The van der Waals surface area contributed by atoms with Gasteiger partial charge in [-0.3, -0.25) is 5.32 Å². The van der Waals surface area contributed by atoms with Crippen LogP contribution in [0.15, 0.2) is 18.2 Å². The zero-order valence-corrected chi connectivity index (χ0v) is 8.63. The highest BCUT2D eigenvalue weighted by Gasteiger charge is 2.35. The predicted molar refractivity (Wildman–Crippen MR) is 52.2 cm³/mol. The lowest BCUT2D eigenvalue weighted by Gasteiger charge is -2.14. The van der Waals surface area contributed by atoms with E-state index in [2.05, 4.69) is 4.74 Å². The third-order valence-electron chi connectivity index (χ3n) is 1.90. The number of carbonyl (C=O) groups is 1. The second-order valence-corrected chi connectivity index (χ2v) is 2.95. The zero-order valence-electron chi connectivity index (χ0n) is 8.63. The van der Waals surface area contributed by atoms with Crippen LogP contribution in [0.3, 0.4) is 0 Å². The van der Waals surface area contributed by atoms with Crippen molar-refractivity contribution < 1.29 is 22.7 Å². The number of hydrogen-bond donors (Lipinski definition) is 1. The van der Waals surface area contributed by atoms with Crippen LogP contribution in [-0.4, -0.2) is 13.2 Å². The highest BCUT2D eigenvalue weighted by molar-refractivity contribution is 5.88. The van der Waals surface area contributed by atoms with Crippen molar-refractivity contribution in [3.05, 3.63) is 29.3 Å². The van der Waals surface area contributed by atoms with Gasteiger partial charge in [0.2, 0.25) is 0 Å². The van der Waals surface area contributed by atoms with Gasteiger partial charge in [-0.15, -0.1) is 0 Å². The van der Waals surface area contributed by atoms with Crippen LogP contribution in [0.4, 0.5) is 23.7 Å². The van der Waals surface area contributed by atoms with Gasteiger partial charge in [0.25, 0.3) is 0 Å². The molecule has 0 radical (unpaired) electrons. The van der Waals surface area contributed by atoms with Crippen molar-refractivity contribution in [2.75, 3.05) is 12.4 Å². The van der Waals surface area contributed by atoms with Gasteiger partial charge in [0.1, 0.15) is 6.07 Å². The van der Waals surface area contributed by atoms with Crippen molar-refractivity contribution >= 4 is 11.8 Å². The van der Waals surface area contributed by atoms with E-state index in [1.54, 1.807) is 6.07 Å². The number of ether oxygens (including phenoxy) is 1. The number of para-hydroxylation sites is 1. The molecule has 0 fully saturated rings. The van der Waals surface area contributed by atoms with Gasteiger partial charge in [-0.25, -0.2) is 4.79 Å². The van der Waals surface area contributed by atoms with Crippen molar-refractivity contribution in [2.24, 2.45) is 0 Å². The second-order valence-electron chi connectivity index (χ2n) is 2.95. The molecule has 1 aromatic carbocycles. The summed E-state index contributed by atoms with van der Waals surface area (Å²) in [5, 5.41) is 10.6. The molecular weight excluding hydrogens is 237 g/mol. The van der Waals surface area contributed by atoms with Gasteiger partial charge in [0.05, 0.1) is 23.9 Å². The molecule has 0 aromatic heterocycles. The van der Waals surface area contributed by atoms with E-state index in [4.69, 9.17) is 5.26 Å². The number of anilines is 1. The Kier molecular flexibility index (Phi) is 3.58. The van der Waals surface area contributed by atoms with Gasteiger partial charge >= 0.3 is 12.3 Å². The monoisotopic (exact) mass is 244 g/mol. The lowest BCUT2D eigenvalue weighted by molar-refractivity contribution is -0.136. The Morgan fingerprint density at radius 1 is 1.47 bits per heavy atom. The summed E-state index contributed by atoms with van der Waals surface area (Å²) in [6, 6.07) is 4.59. The van der Waals surface area contributed by atoms with Crippen LogP contribution in [0.25, 0.3) is 0 Å². The Morgan fingerprint density at radius 3 is 2.59 bits per heavy atom. The highest BCUT2D eigenvalue weighted by atomic mass is 19.4. The number of halogens is 3. The number of nitrogens with zero attached hydrogens (tertiary/aromatic N) is 1. The quantitative estimate of drug-likeness (QED) is 0.826. The number of methoxy groups -OCH3 is 1. The lowest BCUT2D eigenvalue weighted by Crippen LogP contribution is -2.17. The Bertz CT molecular complexity index is 477. The standard InChI is InChI=1S/C10H7F3N2O2/c1-17-9(16)15-8-6(5-14)3-2-4-7(8)10(11,12)13/h2-4H,1H3,(H,15,16). The van der Waals surface area contributed by atoms with Crippen molar-refractivity contribution in [2.45, 2.75) is 6.18 Å². The maximum Gasteiger partial charge on any atom is 0.418 e. The first-order valence-electron chi connectivity index (χ1n) is 4.35. The van der Waals surface area contributed by atoms with Gasteiger partial charge in [-0.05, 0) is 12.1 Å². The minimum atomic E-state index is -4.66. The molecule has 0 saturated heterocycles. The summed E-state index contributed by atoms with van der Waals surface area (Å²) >= 11 is 0. The molecule has 0 bridgehead atoms. The van der Waals surface area contributed by atoms with E-state index in [1.807, 2.05) is 5.32 Å². The maximum absolute atomic E-state index is 12.6. The molecule has 1 amide bonds. The van der Waals surface area contributed by atoms with E-state index in [-0.39, 0.29) is 5.56 Å². The van der Waals surface area contributed by atoms with E-state index >= 15 is 0 Å². The molecule has 1 N–H and O–H groups in total. The summed E-state index contributed by atoms with van der Waals surface area (Å²) in [6.45, 7) is 0. The Hall–Kier alpha value is -2.23. The number of carbonyl (C=O) groups excluding carboxylic acids is 1. The summed E-state index contributed by atoms with van der Waals surface area (Å²) in [5.74, 6) is 0. The fourth-order valence-electron chi connectivity index (χ4n) is 1.17. The maximum atomic E-state index is 12.6. The van der Waals surface area contributed by atoms with Crippen LogP contribution in [0.1, 0.15) is 11.1 Å². The van der Waals surface area contributed by atoms with E-state index in [0.29, 0.717) is 0 Å². The van der Waals surface area contributed by atoms with Crippen molar-refractivity contribution in [3.8, 4) is 6.07 Å². The molecule has 0 unspecified atom stereocenters. The van der Waals surface area contributed by atoms with Crippen LogP contribution in [0.5, 0.6) is 0 Å². The summed E-state index contributed by atoms with van der Waals surface area (Å²) in [6.07, 6.45) is -5.73. The summed E-state index contributed by atoms with van der Waals surface area (Å²) < 4.78 is 42.0. The Balaban J connectivity index is 3.32. The van der Waals surface area contributed by atoms with Crippen molar-refractivity contribution in [1.29, 1.82) is 5.26 Å². The molecular formula is C10H7F3N2O2. The van der Waals surface area contributed by atoms with Crippen LogP contribution in [-0.2, 0) is 10.9 Å². The smallest absolute Gasteiger partial charge is 0.418 e. The molecule has 7 heteroatoms. The first-order valence-corrected chi connectivity index (χ1v) is 4.35. The topological polar surface area (TPSA) is 62.1 Å². The molecule has 0 aliphatic rings. The molecule has 0 aliphatic carbocycles. The molecule has 0 spiro atoms. The number of amides is 1. The fraction of sp³-hybridized carbons (Fsp3) is 0.200. The van der Waals surface area contributed by atoms with Crippen molar-refractivity contribution in [3.63, 3.8) is 0 Å². The number of benzene rings is 1. The molecule has 90 valence electrons. The number of hydrogen-bond acceptors (Lipinski definition) is 3. The third-order valence-corrected chi connectivity index (χ3v) is 1.90. The molecule has 0 heterocycles. The average molecular weight is 244 g/mol. The molecule has 0 atom stereocenters. The highest BCUT2D eigenvalue weighted by Crippen LogP contribution is 2.36. The normalized spacial score (nSPS) is 10.5. The molecule has 0 saturated carbocycles. The third kappa shape index (κ3) is 2.87. The second kappa shape index (κ2) is 4.74. The molecule has 1 aromatic rings. The SMILES string of the molecule is COC(=O)Nc1c(C#N)cccc1C(F)(F)F. The van der Waals surface area contributed by atoms with E-state index in [0.717, 1.165) is 19.2 Å². The summed E-state index contributed by atoms with van der Waals surface area (Å²) in [5.41, 5.74) is -1.98. The number of nitrogens with one attached hydrogen (secondary N) is 1. The minimum absolute atomic E-state index is 0.287. The number of rotatable bonds is 1. The first kappa shape index (κ1) is 12.8. The lowest BCUT2D eigenvalue weighted by atomic mass is 10.1. The summed E-state index contributed by atoms with van der Waals surface area (Å²) in [4.78, 5) is 10.9. The van der Waals surface area contributed by atoms with E-state index < -0.39 is 23.5 Å². The zero-order chi connectivity index (χ0) is 13.1. The Labute approximate surface area is 94.6 Å². The van der Waals surface area contributed by atoms with Gasteiger partial charge in [0.15, 0.2) is 0 Å². The van der Waals surface area contributed by atoms with Crippen LogP contribution in [0, 0.1) is 11.3 Å². The first-order chi connectivity index (χ1) is 7.90. The van der Waals surface area contributed by atoms with E-state index in [9.17, 15) is 18.0 Å². The van der Waals surface area contributed by atoms with E-state index in [1.165, 1.54) is 6.07 Å². The fourth-order valence-corrected chi connectivity index (χ4v) is 1.17. The predicted octanol–water partition coefficient (Wildman–Crippen LogP) is 2.76. The van der Waals surface area contributed by atoms with Gasteiger partial charge in [0, 0.05) is 0 Å². The Morgan fingerprint density at radius 2 is 2.12 bits per heavy atom. The molecule has 0 aliphatic heterocycles. The summed E-state index contributed by atoms with van der Waals surface area (Å²) in [7, 11) is 1.01. The van der Waals surface area contributed by atoms with Gasteiger partial charge < -0.3 is 4.74 Å². The van der Waals surface area contributed by atoms with Crippen LogP contribution >= 0.6 is 0 Å². The molecule has 17 heavy (non-hydrogen) atoms. The molecule has 4 nitrogen and oxygen atoms in total.